The number of amides is 1. The van der Waals surface area contributed by atoms with Crippen LogP contribution in [0.1, 0.15) is 13.3 Å². The first-order valence-corrected chi connectivity index (χ1v) is 5.86. The van der Waals surface area contributed by atoms with Crippen LogP contribution in [-0.4, -0.2) is 73.0 Å². The van der Waals surface area contributed by atoms with Crippen LogP contribution in [0.2, 0.25) is 0 Å². The molecule has 0 spiro atoms. The highest BCUT2D eigenvalue weighted by Gasteiger charge is 2.16. The average molecular weight is 262 g/mol. The van der Waals surface area contributed by atoms with Crippen molar-refractivity contribution in [1.82, 2.24) is 10.2 Å². The van der Waals surface area contributed by atoms with Crippen molar-refractivity contribution < 1.29 is 24.5 Å². The molecule has 106 valence electrons. The second-order valence-corrected chi connectivity index (χ2v) is 3.85. The van der Waals surface area contributed by atoms with Crippen LogP contribution in [0.5, 0.6) is 0 Å². The Hall–Kier alpha value is -1.18. The Morgan fingerprint density at radius 1 is 1.22 bits per heavy atom. The molecule has 0 aromatic rings. The first kappa shape index (κ1) is 16.8. The van der Waals surface area contributed by atoms with Gasteiger partial charge in [-0.3, -0.25) is 9.69 Å². The largest absolute Gasteiger partial charge is 0.467 e. The van der Waals surface area contributed by atoms with Gasteiger partial charge in [0.1, 0.15) is 6.04 Å². The number of nitrogens with one attached hydrogen (secondary N) is 1. The van der Waals surface area contributed by atoms with E-state index in [1.54, 1.807) is 11.8 Å². The number of aliphatic hydroxyl groups excluding tert-OH is 2. The molecule has 0 unspecified atom stereocenters. The Morgan fingerprint density at radius 2 is 1.78 bits per heavy atom. The molecule has 1 amide bonds. The van der Waals surface area contributed by atoms with E-state index in [4.69, 9.17) is 10.2 Å². The molecule has 0 aliphatic rings. The molecule has 7 heteroatoms. The van der Waals surface area contributed by atoms with Gasteiger partial charge >= 0.3 is 5.97 Å². The molecule has 0 aliphatic carbocycles. The third-order valence-electron chi connectivity index (χ3n) is 2.42. The summed E-state index contributed by atoms with van der Waals surface area (Å²) < 4.78 is 4.49. The lowest BCUT2D eigenvalue weighted by Gasteiger charge is -2.20. The van der Waals surface area contributed by atoms with Crippen molar-refractivity contribution in [3.05, 3.63) is 0 Å². The van der Waals surface area contributed by atoms with Crippen molar-refractivity contribution in [2.24, 2.45) is 0 Å². The highest BCUT2D eigenvalue weighted by molar-refractivity contribution is 5.84. The number of rotatable bonds is 9. The Balaban J connectivity index is 3.96. The second kappa shape index (κ2) is 9.81. The molecular weight excluding hydrogens is 240 g/mol. The van der Waals surface area contributed by atoms with Crippen LogP contribution < -0.4 is 5.32 Å². The highest BCUT2D eigenvalue weighted by atomic mass is 16.5. The molecule has 0 aliphatic heterocycles. The molecule has 0 bridgehead atoms. The summed E-state index contributed by atoms with van der Waals surface area (Å²) in [5.41, 5.74) is 0. The Bertz CT molecular complexity index is 254. The molecule has 1 atom stereocenters. The summed E-state index contributed by atoms with van der Waals surface area (Å²) in [4.78, 5) is 24.4. The number of aliphatic hydroxyl groups is 2. The van der Waals surface area contributed by atoms with Crippen LogP contribution in [0.4, 0.5) is 0 Å². The van der Waals surface area contributed by atoms with Gasteiger partial charge in [0.25, 0.3) is 0 Å². The van der Waals surface area contributed by atoms with E-state index in [2.05, 4.69) is 10.1 Å². The van der Waals surface area contributed by atoms with Gasteiger partial charge in [0, 0.05) is 26.1 Å². The van der Waals surface area contributed by atoms with Crippen LogP contribution in [0.3, 0.4) is 0 Å². The minimum absolute atomic E-state index is 0.0276. The standard InChI is InChI=1S/C11H22N2O5/c1-9(11(17)18-2)12-10(16)3-4-13(5-7-14)6-8-15/h9,14-15H,3-8H2,1-2H3,(H,12,16)/t9-/m0/s1. The number of ether oxygens (including phenoxy) is 1. The normalized spacial score (nSPS) is 12.3. The summed E-state index contributed by atoms with van der Waals surface area (Å²) in [5, 5.41) is 20.1. The first-order chi connectivity index (χ1) is 8.54. The second-order valence-electron chi connectivity index (χ2n) is 3.85. The molecular formula is C11H22N2O5. The molecule has 3 N–H and O–H groups in total. The minimum atomic E-state index is -0.674. The number of esters is 1. The summed E-state index contributed by atoms with van der Waals surface area (Å²) in [5.74, 6) is -0.764. The Kier molecular flexibility index (Phi) is 9.17. The zero-order chi connectivity index (χ0) is 14.0. The molecule has 0 radical (unpaired) electrons. The van der Waals surface area contributed by atoms with Gasteiger partial charge < -0.3 is 20.3 Å². The van der Waals surface area contributed by atoms with Crippen molar-refractivity contribution in [3.63, 3.8) is 0 Å². The van der Waals surface area contributed by atoms with Gasteiger partial charge in [-0.1, -0.05) is 0 Å². The molecule has 0 rings (SSSR count). The predicted octanol–water partition coefficient (Wildman–Crippen LogP) is -1.66. The number of hydrogen-bond donors (Lipinski definition) is 3. The van der Waals surface area contributed by atoms with E-state index in [0.29, 0.717) is 19.6 Å². The molecule has 0 saturated carbocycles. The zero-order valence-corrected chi connectivity index (χ0v) is 10.9. The van der Waals surface area contributed by atoms with Gasteiger partial charge in [-0.25, -0.2) is 4.79 Å². The lowest BCUT2D eigenvalue weighted by Crippen LogP contribution is -2.41. The molecule has 0 aromatic heterocycles. The minimum Gasteiger partial charge on any atom is -0.467 e. The fraction of sp³-hybridized carbons (Fsp3) is 0.818. The van der Waals surface area contributed by atoms with E-state index >= 15 is 0 Å². The zero-order valence-electron chi connectivity index (χ0n) is 10.9. The number of methoxy groups -OCH3 is 1. The number of carbonyl (C=O) groups excluding carboxylic acids is 2. The quantitative estimate of drug-likeness (QED) is 0.430. The van der Waals surface area contributed by atoms with E-state index < -0.39 is 12.0 Å². The maximum absolute atomic E-state index is 11.5. The number of hydrogen-bond acceptors (Lipinski definition) is 6. The Labute approximate surface area is 107 Å². The first-order valence-electron chi connectivity index (χ1n) is 5.86. The number of carbonyl (C=O) groups is 2. The van der Waals surface area contributed by atoms with Gasteiger partial charge in [0.15, 0.2) is 0 Å². The van der Waals surface area contributed by atoms with E-state index in [9.17, 15) is 9.59 Å². The summed E-state index contributed by atoms with van der Waals surface area (Å²) in [7, 11) is 1.26. The van der Waals surface area contributed by atoms with Crippen molar-refractivity contribution in [3.8, 4) is 0 Å². The van der Waals surface area contributed by atoms with Crippen molar-refractivity contribution >= 4 is 11.9 Å². The van der Waals surface area contributed by atoms with Crippen molar-refractivity contribution in [2.75, 3.05) is 40.0 Å². The molecule has 0 fully saturated rings. The van der Waals surface area contributed by atoms with Crippen LogP contribution >= 0.6 is 0 Å². The van der Waals surface area contributed by atoms with Crippen LogP contribution in [0, 0.1) is 0 Å². The third-order valence-corrected chi connectivity index (χ3v) is 2.42. The fourth-order valence-electron chi connectivity index (χ4n) is 1.43. The summed E-state index contributed by atoms with van der Waals surface area (Å²) in [6, 6.07) is -0.674. The van der Waals surface area contributed by atoms with E-state index in [1.165, 1.54) is 7.11 Å². The van der Waals surface area contributed by atoms with Crippen LogP contribution in [0.15, 0.2) is 0 Å². The molecule has 0 saturated heterocycles. The van der Waals surface area contributed by atoms with Crippen molar-refractivity contribution in [2.45, 2.75) is 19.4 Å². The number of nitrogens with zero attached hydrogens (tertiary/aromatic N) is 1. The van der Waals surface area contributed by atoms with Crippen molar-refractivity contribution in [1.29, 1.82) is 0 Å². The molecule has 0 aromatic carbocycles. The van der Waals surface area contributed by atoms with Gasteiger partial charge in [-0.2, -0.15) is 0 Å². The maximum Gasteiger partial charge on any atom is 0.328 e. The Morgan fingerprint density at radius 3 is 2.22 bits per heavy atom. The molecule has 0 heterocycles. The monoisotopic (exact) mass is 262 g/mol. The van der Waals surface area contributed by atoms with Crippen LogP contribution in [-0.2, 0) is 14.3 Å². The molecule has 7 nitrogen and oxygen atoms in total. The van der Waals surface area contributed by atoms with Gasteiger partial charge in [0.05, 0.1) is 20.3 Å². The van der Waals surface area contributed by atoms with Crippen LogP contribution in [0.25, 0.3) is 0 Å². The summed E-state index contributed by atoms with van der Waals surface area (Å²) in [6.45, 7) is 2.71. The summed E-state index contributed by atoms with van der Waals surface area (Å²) in [6.07, 6.45) is 0.196. The topological polar surface area (TPSA) is 99.1 Å². The lowest BCUT2D eigenvalue weighted by molar-refractivity contribution is -0.144. The van der Waals surface area contributed by atoms with E-state index in [0.717, 1.165) is 0 Å². The van der Waals surface area contributed by atoms with Gasteiger partial charge in [-0.15, -0.1) is 0 Å². The third kappa shape index (κ3) is 7.21. The fourth-order valence-corrected chi connectivity index (χ4v) is 1.43. The van der Waals surface area contributed by atoms with Gasteiger partial charge in [-0.05, 0) is 6.92 Å². The predicted molar refractivity (Wildman–Crippen MR) is 64.8 cm³/mol. The molecule has 18 heavy (non-hydrogen) atoms. The SMILES string of the molecule is COC(=O)[C@H](C)NC(=O)CCN(CCO)CCO. The lowest BCUT2D eigenvalue weighted by atomic mass is 10.3. The van der Waals surface area contributed by atoms with E-state index in [-0.39, 0.29) is 25.5 Å². The highest BCUT2D eigenvalue weighted by Crippen LogP contribution is 1.93. The summed E-state index contributed by atoms with van der Waals surface area (Å²) >= 11 is 0. The maximum atomic E-state index is 11.5. The smallest absolute Gasteiger partial charge is 0.328 e. The van der Waals surface area contributed by atoms with Gasteiger partial charge in [0.2, 0.25) is 5.91 Å². The van der Waals surface area contributed by atoms with E-state index in [1.807, 2.05) is 0 Å². The average Bonchev–Trinajstić information content (AvgIpc) is 2.35.